The lowest BCUT2D eigenvalue weighted by Gasteiger charge is -2.19. The van der Waals surface area contributed by atoms with E-state index in [9.17, 15) is 0 Å². The average molecular weight is 619 g/mol. The Balaban J connectivity index is 1.35. The molecule has 0 amide bonds. The molecule has 0 atom stereocenters. The number of rotatable bonds is 4. The number of aromatic nitrogens is 4. The van der Waals surface area contributed by atoms with Crippen LogP contribution in [0.3, 0.4) is 0 Å². The van der Waals surface area contributed by atoms with Gasteiger partial charge in [0.2, 0.25) is 0 Å². The Kier molecular flexibility index (Phi) is 6.34. The van der Waals surface area contributed by atoms with Crippen molar-refractivity contribution in [2.75, 3.05) is 0 Å². The molecule has 9 rings (SSSR count). The lowest BCUT2D eigenvalue weighted by molar-refractivity contribution is 0.886. The van der Waals surface area contributed by atoms with E-state index in [1.807, 2.05) is 0 Å². The van der Waals surface area contributed by atoms with Crippen LogP contribution in [0.4, 0.5) is 0 Å². The van der Waals surface area contributed by atoms with Crippen LogP contribution in [-0.4, -0.2) is 19.1 Å². The Labute approximate surface area is 279 Å². The van der Waals surface area contributed by atoms with Gasteiger partial charge in [0.1, 0.15) is 11.6 Å². The number of hydrogen-bond acceptors (Lipinski definition) is 2. The fraction of sp³-hybridized carbons (Fsp3) is 0.0909. The molecule has 230 valence electrons. The molecule has 0 fully saturated rings. The first-order valence-corrected chi connectivity index (χ1v) is 16.5. The first-order valence-electron chi connectivity index (χ1n) is 16.5. The van der Waals surface area contributed by atoms with Crippen molar-refractivity contribution in [1.82, 2.24) is 19.1 Å². The first kappa shape index (κ1) is 28.2. The SMILES string of the molecule is Cc1nc2cc(-c3ccc4c(-c5ccccc5)c5cc(-c6ccc7c(c6)nc(C)n7C)ccc5c(-c5ccccc5)c4c3)ccc2n1C. The highest BCUT2D eigenvalue weighted by Crippen LogP contribution is 2.46. The zero-order valence-electron chi connectivity index (χ0n) is 27.5. The topological polar surface area (TPSA) is 35.6 Å². The van der Waals surface area contributed by atoms with E-state index in [2.05, 4.69) is 171 Å². The highest BCUT2D eigenvalue weighted by atomic mass is 15.1. The van der Waals surface area contributed by atoms with E-state index in [-0.39, 0.29) is 0 Å². The molecule has 4 heteroatoms. The van der Waals surface area contributed by atoms with Crippen molar-refractivity contribution in [2.45, 2.75) is 13.8 Å². The molecule has 0 spiro atoms. The normalized spacial score (nSPS) is 11.8. The van der Waals surface area contributed by atoms with Crippen LogP contribution in [-0.2, 0) is 14.1 Å². The number of nitrogens with zero attached hydrogens (tertiary/aromatic N) is 4. The van der Waals surface area contributed by atoms with Gasteiger partial charge in [0.15, 0.2) is 0 Å². The quantitative estimate of drug-likeness (QED) is 0.184. The van der Waals surface area contributed by atoms with E-state index in [0.717, 1.165) is 33.7 Å². The van der Waals surface area contributed by atoms with Gasteiger partial charge in [-0.1, -0.05) is 97.1 Å². The summed E-state index contributed by atoms with van der Waals surface area (Å²) in [5.41, 5.74) is 13.9. The molecule has 7 aromatic carbocycles. The molecular formula is C44H34N4. The van der Waals surface area contributed by atoms with E-state index in [0.29, 0.717) is 0 Å². The number of aryl methyl sites for hydroxylation is 4. The van der Waals surface area contributed by atoms with E-state index in [4.69, 9.17) is 9.97 Å². The maximum absolute atomic E-state index is 4.83. The fourth-order valence-corrected chi connectivity index (χ4v) is 7.42. The Morgan fingerprint density at radius 3 is 1.17 bits per heavy atom. The number of fused-ring (bicyclic) bond motifs is 4. The van der Waals surface area contributed by atoms with Gasteiger partial charge in [0.25, 0.3) is 0 Å². The lowest BCUT2D eigenvalue weighted by Crippen LogP contribution is -1.93. The van der Waals surface area contributed by atoms with Crippen molar-refractivity contribution in [3.05, 3.63) is 145 Å². The van der Waals surface area contributed by atoms with Crippen molar-refractivity contribution in [3.8, 4) is 44.5 Å². The summed E-state index contributed by atoms with van der Waals surface area (Å²) in [5, 5.41) is 4.94. The van der Waals surface area contributed by atoms with Crippen LogP contribution >= 0.6 is 0 Å². The first-order chi connectivity index (χ1) is 23.4. The molecule has 0 radical (unpaired) electrons. The van der Waals surface area contributed by atoms with Crippen LogP contribution in [0.25, 0.3) is 88.1 Å². The fourth-order valence-electron chi connectivity index (χ4n) is 7.42. The average Bonchev–Trinajstić information content (AvgIpc) is 3.58. The number of benzene rings is 7. The monoisotopic (exact) mass is 618 g/mol. The summed E-state index contributed by atoms with van der Waals surface area (Å²) < 4.78 is 4.30. The van der Waals surface area contributed by atoms with Crippen LogP contribution in [0.5, 0.6) is 0 Å². The Morgan fingerprint density at radius 1 is 0.375 bits per heavy atom. The summed E-state index contributed by atoms with van der Waals surface area (Å²) in [5.74, 6) is 2.03. The molecular weight excluding hydrogens is 585 g/mol. The predicted molar refractivity (Wildman–Crippen MR) is 201 cm³/mol. The number of imidazole rings is 2. The van der Waals surface area contributed by atoms with Gasteiger partial charge in [-0.15, -0.1) is 0 Å². The third-order valence-electron chi connectivity index (χ3n) is 10.1. The second kappa shape index (κ2) is 10.8. The Hall–Kier alpha value is -6.00. The van der Waals surface area contributed by atoms with Crippen molar-refractivity contribution in [3.63, 3.8) is 0 Å². The van der Waals surface area contributed by atoms with Crippen LogP contribution in [0.1, 0.15) is 11.6 Å². The third kappa shape index (κ3) is 4.37. The zero-order valence-corrected chi connectivity index (χ0v) is 27.5. The largest absolute Gasteiger partial charge is 0.331 e. The van der Waals surface area contributed by atoms with Crippen molar-refractivity contribution >= 4 is 43.6 Å². The Morgan fingerprint density at radius 2 is 0.750 bits per heavy atom. The predicted octanol–water partition coefficient (Wildman–Crippen LogP) is 11.1. The molecule has 0 aliphatic heterocycles. The molecule has 0 saturated heterocycles. The van der Waals surface area contributed by atoms with Crippen molar-refractivity contribution in [1.29, 1.82) is 0 Å². The van der Waals surface area contributed by atoms with Gasteiger partial charge in [-0.25, -0.2) is 9.97 Å². The molecule has 0 N–H and O–H groups in total. The highest BCUT2D eigenvalue weighted by Gasteiger charge is 2.19. The maximum Gasteiger partial charge on any atom is 0.106 e. The summed E-state index contributed by atoms with van der Waals surface area (Å²) in [6.07, 6.45) is 0. The van der Waals surface area contributed by atoms with Gasteiger partial charge < -0.3 is 9.13 Å². The van der Waals surface area contributed by atoms with Crippen LogP contribution < -0.4 is 0 Å². The summed E-state index contributed by atoms with van der Waals surface area (Å²) >= 11 is 0. The minimum Gasteiger partial charge on any atom is -0.331 e. The smallest absolute Gasteiger partial charge is 0.106 e. The second-order valence-corrected chi connectivity index (χ2v) is 12.8. The summed E-state index contributed by atoms with van der Waals surface area (Å²) in [4.78, 5) is 9.67. The minimum atomic E-state index is 1.01. The van der Waals surface area contributed by atoms with Gasteiger partial charge in [-0.05, 0) is 116 Å². The van der Waals surface area contributed by atoms with E-state index in [1.54, 1.807) is 0 Å². The van der Waals surface area contributed by atoms with Gasteiger partial charge in [0.05, 0.1) is 22.1 Å². The molecule has 0 aliphatic carbocycles. The second-order valence-electron chi connectivity index (χ2n) is 12.8. The lowest BCUT2D eigenvalue weighted by atomic mass is 9.84. The molecule has 0 aliphatic rings. The van der Waals surface area contributed by atoms with Gasteiger partial charge in [0, 0.05) is 14.1 Å². The van der Waals surface area contributed by atoms with Crippen molar-refractivity contribution < 1.29 is 0 Å². The zero-order chi connectivity index (χ0) is 32.5. The molecule has 9 aromatic rings. The Bertz CT molecular complexity index is 2510. The molecule has 2 aromatic heterocycles. The summed E-state index contributed by atoms with van der Waals surface area (Å²) in [7, 11) is 4.15. The van der Waals surface area contributed by atoms with Crippen LogP contribution in [0.15, 0.2) is 133 Å². The maximum atomic E-state index is 4.83. The standard InChI is InChI=1S/C44H34N4/c1-27-45-39-25-33(17-21-41(39)47(27)3)31-15-19-35-37(23-31)43(29-11-7-5-8-12-29)36-20-16-32(24-38(36)44(35)30-13-9-6-10-14-30)34-18-22-42-40(26-34)46-28(2)48(42)4/h5-26H,1-4H3. The van der Waals surface area contributed by atoms with Gasteiger partial charge in [-0.3, -0.25) is 0 Å². The van der Waals surface area contributed by atoms with Gasteiger partial charge >= 0.3 is 0 Å². The van der Waals surface area contributed by atoms with Crippen molar-refractivity contribution in [2.24, 2.45) is 14.1 Å². The minimum absolute atomic E-state index is 1.01. The molecule has 4 nitrogen and oxygen atoms in total. The van der Waals surface area contributed by atoms with Crippen LogP contribution in [0, 0.1) is 13.8 Å². The molecule has 0 bridgehead atoms. The van der Waals surface area contributed by atoms with E-state index < -0.39 is 0 Å². The summed E-state index contributed by atoms with van der Waals surface area (Å²) in [6, 6.07) is 48.9. The highest BCUT2D eigenvalue weighted by molar-refractivity contribution is 6.22. The molecule has 2 heterocycles. The molecule has 48 heavy (non-hydrogen) atoms. The molecule has 0 unspecified atom stereocenters. The van der Waals surface area contributed by atoms with Crippen LogP contribution in [0.2, 0.25) is 0 Å². The number of hydrogen-bond donors (Lipinski definition) is 0. The van der Waals surface area contributed by atoms with Gasteiger partial charge in [-0.2, -0.15) is 0 Å². The third-order valence-corrected chi connectivity index (χ3v) is 10.1. The summed E-state index contributed by atoms with van der Waals surface area (Å²) in [6.45, 7) is 4.11. The van der Waals surface area contributed by atoms with E-state index in [1.165, 1.54) is 66.1 Å². The van der Waals surface area contributed by atoms with E-state index >= 15 is 0 Å². The molecule has 0 saturated carbocycles.